The van der Waals surface area contributed by atoms with Crippen molar-refractivity contribution >= 4 is 29.9 Å². The summed E-state index contributed by atoms with van der Waals surface area (Å²) in [6.45, 7) is 1.93. The lowest BCUT2D eigenvalue weighted by molar-refractivity contribution is -0.131. The van der Waals surface area contributed by atoms with E-state index in [9.17, 15) is 4.79 Å². The van der Waals surface area contributed by atoms with E-state index >= 15 is 0 Å². The van der Waals surface area contributed by atoms with Crippen molar-refractivity contribution in [1.29, 1.82) is 0 Å². The van der Waals surface area contributed by atoms with Gasteiger partial charge in [0, 0.05) is 31.0 Å². The number of likely N-dealkylation sites (N-methyl/N-ethyl adjacent to an activating group) is 1. The first-order valence-corrected chi connectivity index (χ1v) is 6.91. The van der Waals surface area contributed by atoms with Gasteiger partial charge in [-0.15, -0.1) is 12.4 Å². The summed E-state index contributed by atoms with van der Waals surface area (Å²) in [7, 11) is 1.79. The first-order valence-electron chi connectivity index (χ1n) is 6.53. The van der Waals surface area contributed by atoms with E-state index in [0.717, 1.165) is 31.7 Å². The number of carbonyl (C=O) groups excluding carboxylic acids is 1. The first-order chi connectivity index (χ1) is 9.19. The molecule has 0 aliphatic carbocycles. The number of amides is 1. The second kappa shape index (κ2) is 8.35. The highest BCUT2D eigenvalue weighted by Crippen LogP contribution is 2.21. The van der Waals surface area contributed by atoms with Crippen LogP contribution in [0.15, 0.2) is 24.3 Å². The molecule has 0 saturated carbocycles. The number of likely N-dealkylation sites (tertiary alicyclic amines) is 1. The normalized spacial score (nSPS) is 15.6. The Balaban J connectivity index is 0.00000200. The number of nitrogens with one attached hydrogen (secondary N) is 1. The molecule has 6 heteroatoms. The van der Waals surface area contributed by atoms with Crippen LogP contribution in [0.4, 0.5) is 0 Å². The third-order valence-corrected chi connectivity index (χ3v) is 3.49. The molecule has 1 heterocycles. The van der Waals surface area contributed by atoms with E-state index in [2.05, 4.69) is 5.32 Å². The molecule has 4 nitrogen and oxygen atoms in total. The van der Waals surface area contributed by atoms with Gasteiger partial charge in [0.2, 0.25) is 5.91 Å². The van der Waals surface area contributed by atoms with Crippen LogP contribution >= 0.6 is 24.0 Å². The van der Waals surface area contributed by atoms with Crippen LogP contribution in [-0.2, 0) is 4.79 Å². The average Bonchev–Trinajstić information content (AvgIpc) is 2.42. The lowest BCUT2D eigenvalue weighted by Gasteiger charge is -2.32. The van der Waals surface area contributed by atoms with E-state index in [1.165, 1.54) is 0 Å². The van der Waals surface area contributed by atoms with E-state index in [-0.39, 0.29) is 24.4 Å². The zero-order chi connectivity index (χ0) is 13.7. The molecule has 0 atom stereocenters. The number of nitrogens with zero attached hydrogens (tertiary/aromatic N) is 1. The molecule has 0 aromatic heterocycles. The number of ether oxygens (including phenoxy) is 1. The van der Waals surface area contributed by atoms with Crippen LogP contribution in [0.3, 0.4) is 0 Å². The number of benzene rings is 1. The molecule has 2 rings (SSSR count). The Labute approximate surface area is 130 Å². The molecule has 1 aliphatic rings. The zero-order valence-electron chi connectivity index (χ0n) is 11.5. The SMILES string of the molecule is CNCC(=O)N1CCC(Oc2ccc(Cl)cc2)CC1.Cl. The maximum Gasteiger partial charge on any atom is 0.236 e. The van der Waals surface area contributed by atoms with E-state index in [1.807, 2.05) is 29.2 Å². The monoisotopic (exact) mass is 318 g/mol. The largest absolute Gasteiger partial charge is 0.490 e. The highest BCUT2D eigenvalue weighted by Gasteiger charge is 2.23. The second-order valence-corrected chi connectivity index (χ2v) is 5.12. The van der Waals surface area contributed by atoms with E-state index < -0.39 is 0 Å². The Morgan fingerprint density at radius 1 is 1.35 bits per heavy atom. The van der Waals surface area contributed by atoms with Crippen LogP contribution in [0.25, 0.3) is 0 Å². The first kappa shape index (κ1) is 17.1. The van der Waals surface area contributed by atoms with Crippen molar-refractivity contribution in [2.75, 3.05) is 26.7 Å². The van der Waals surface area contributed by atoms with E-state index in [4.69, 9.17) is 16.3 Å². The Hall–Kier alpha value is -0.970. The number of hydrogen-bond donors (Lipinski definition) is 1. The lowest BCUT2D eigenvalue weighted by Crippen LogP contribution is -2.44. The van der Waals surface area contributed by atoms with Gasteiger partial charge in [-0.3, -0.25) is 4.79 Å². The summed E-state index contributed by atoms with van der Waals surface area (Å²) in [5, 5.41) is 3.59. The molecule has 0 bridgehead atoms. The molecule has 1 aromatic carbocycles. The Bertz CT molecular complexity index is 418. The number of rotatable bonds is 4. The highest BCUT2D eigenvalue weighted by molar-refractivity contribution is 6.30. The molecular formula is C14H20Cl2N2O2. The molecule has 20 heavy (non-hydrogen) atoms. The van der Waals surface area contributed by atoms with Gasteiger partial charge in [-0.2, -0.15) is 0 Å². The minimum atomic E-state index is 0. The van der Waals surface area contributed by atoms with Gasteiger partial charge in [0.1, 0.15) is 11.9 Å². The average molecular weight is 319 g/mol. The van der Waals surface area contributed by atoms with Crippen LogP contribution in [0.2, 0.25) is 5.02 Å². The fourth-order valence-electron chi connectivity index (χ4n) is 2.19. The summed E-state index contributed by atoms with van der Waals surface area (Å²) in [6.07, 6.45) is 1.93. The van der Waals surface area contributed by atoms with Crippen molar-refractivity contribution in [2.45, 2.75) is 18.9 Å². The Morgan fingerprint density at radius 3 is 2.50 bits per heavy atom. The predicted molar refractivity (Wildman–Crippen MR) is 82.9 cm³/mol. The molecular weight excluding hydrogens is 299 g/mol. The van der Waals surface area contributed by atoms with Gasteiger partial charge in [-0.05, 0) is 31.3 Å². The molecule has 1 aliphatic heterocycles. The lowest BCUT2D eigenvalue weighted by atomic mass is 10.1. The summed E-state index contributed by atoms with van der Waals surface area (Å²) in [4.78, 5) is 13.6. The van der Waals surface area contributed by atoms with Gasteiger partial charge >= 0.3 is 0 Å². The zero-order valence-corrected chi connectivity index (χ0v) is 13.0. The number of piperidine rings is 1. The molecule has 0 radical (unpaired) electrons. The van der Waals surface area contributed by atoms with Gasteiger partial charge in [0.25, 0.3) is 0 Å². The summed E-state index contributed by atoms with van der Waals surface area (Å²) < 4.78 is 5.89. The van der Waals surface area contributed by atoms with E-state index in [1.54, 1.807) is 7.05 Å². The molecule has 112 valence electrons. The Kier molecular flexibility index (Phi) is 7.13. The van der Waals surface area contributed by atoms with Crippen molar-refractivity contribution in [2.24, 2.45) is 0 Å². The minimum Gasteiger partial charge on any atom is -0.490 e. The highest BCUT2D eigenvalue weighted by atomic mass is 35.5. The minimum absolute atomic E-state index is 0. The molecule has 1 aromatic rings. The maximum absolute atomic E-state index is 11.7. The van der Waals surface area contributed by atoms with Gasteiger partial charge in [-0.1, -0.05) is 11.6 Å². The summed E-state index contributed by atoms with van der Waals surface area (Å²) >= 11 is 5.83. The summed E-state index contributed by atoms with van der Waals surface area (Å²) in [5.41, 5.74) is 0. The molecule has 1 fully saturated rings. The van der Waals surface area contributed by atoms with Crippen molar-refractivity contribution in [1.82, 2.24) is 10.2 Å². The van der Waals surface area contributed by atoms with Gasteiger partial charge < -0.3 is 15.0 Å². The number of hydrogen-bond acceptors (Lipinski definition) is 3. The standard InChI is InChI=1S/C14H19ClN2O2.ClH/c1-16-10-14(18)17-8-6-13(7-9-17)19-12-4-2-11(15)3-5-12;/h2-5,13,16H,6-10H2,1H3;1H. The van der Waals surface area contributed by atoms with Crippen LogP contribution < -0.4 is 10.1 Å². The smallest absolute Gasteiger partial charge is 0.236 e. The molecule has 0 spiro atoms. The quantitative estimate of drug-likeness (QED) is 0.926. The van der Waals surface area contributed by atoms with E-state index in [0.29, 0.717) is 11.6 Å². The predicted octanol–water partition coefficient (Wildman–Crippen LogP) is 2.35. The third-order valence-electron chi connectivity index (χ3n) is 3.24. The van der Waals surface area contributed by atoms with Gasteiger partial charge in [0.15, 0.2) is 0 Å². The van der Waals surface area contributed by atoms with Crippen LogP contribution in [0, 0.1) is 0 Å². The third kappa shape index (κ3) is 4.85. The van der Waals surface area contributed by atoms with Crippen molar-refractivity contribution < 1.29 is 9.53 Å². The number of carbonyl (C=O) groups is 1. The van der Waals surface area contributed by atoms with Crippen LogP contribution in [0.1, 0.15) is 12.8 Å². The fourth-order valence-corrected chi connectivity index (χ4v) is 2.32. The van der Waals surface area contributed by atoms with Gasteiger partial charge in [-0.25, -0.2) is 0 Å². The van der Waals surface area contributed by atoms with Crippen molar-refractivity contribution in [3.8, 4) is 5.75 Å². The van der Waals surface area contributed by atoms with Crippen LogP contribution in [-0.4, -0.2) is 43.6 Å². The Morgan fingerprint density at radius 2 is 1.95 bits per heavy atom. The topological polar surface area (TPSA) is 41.6 Å². The maximum atomic E-state index is 11.7. The fraction of sp³-hybridized carbons (Fsp3) is 0.500. The number of halogens is 2. The van der Waals surface area contributed by atoms with Crippen molar-refractivity contribution in [3.63, 3.8) is 0 Å². The molecule has 1 N–H and O–H groups in total. The van der Waals surface area contributed by atoms with Crippen LogP contribution in [0.5, 0.6) is 5.75 Å². The second-order valence-electron chi connectivity index (χ2n) is 4.68. The molecule has 1 saturated heterocycles. The summed E-state index contributed by atoms with van der Waals surface area (Å²) in [5.74, 6) is 0.997. The van der Waals surface area contributed by atoms with Crippen molar-refractivity contribution in [3.05, 3.63) is 29.3 Å². The molecule has 1 amide bonds. The van der Waals surface area contributed by atoms with Gasteiger partial charge in [0.05, 0.1) is 6.54 Å². The molecule has 0 unspecified atom stereocenters. The summed E-state index contributed by atoms with van der Waals surface area (Å²) in [6, 6.07) is 7.40.